The highest BCUT2D eigenvalue weighted by Gasteiger charge is 2.28. The molecule has 0 unspecified atom stereocenters. The molecule has 4 rings (SSSR count). The van der Waals surface area contributed by atoms with Crippen LogP contribution in [0.25, 0.3) is 11.0 Å². The number of hydrogen-bond donors (Lipinski definition) is 0. The number of benzene rings is 2. The van der Waals surface area contributed by atoms with E-state index in [4.69, 9.17) is 0 Å². The zero-order valence-electron chi connectivity index (χ0n) is 18.0. The van der Waals surface area contributed by atoms with Gasteiger partial charge in [-0.25, -0.2) is 13.4 Å². The molecule has 0 saturated carbocycles. The maximum Gasteiger partial charge on any atom is 0.243 e. The van der Waals surface area contributed by atoms with Crippen LogP contribution in [0.2, 0.25) is 0 Å². The van der Waals surface area contributed by atoms with Gasteiger partial charge in [-0.05, 0) is 37.6 Å². The molecule has 1 aromatic heterocycles. The summed E-state index contributed by atoms with van der Waals surface area (Å²) in [5.74, 6) is 0.875. The molecule has 8 heteroatoms. The van der Waals surface area contributed by atoms with Crippen LogP contribution in [0, 0.1) is 6.92 Å². The van der Waals surface area contributed by atoms with Crippen LogP contribution in [-0.4, -0.2) is 59.3 Å². The Hall–Kier alpha value is -2.71. The van der Waals surface area contributed by atoms with Crippen molar-refractivity contribution in [1.29, 1.82) is 0 Å². The van der Waals surface area contributed by atoms with Crippen molar-refractivity contribution in [3.05, 3.63) is 59.9 Å². The molecule has 1 fully saturated rings. The first-order valence-electron chi connectivity index (χ1n) is 10.7. The van der Waals surface area contributed by atoms with Crippen LogP contribution in [0.5, 0.6) is 0 Å². The molecule has 0 spiro atoms. The van der Waals surface area contributed by atoms with Crippen molar-refractivity contribution in [2.75, 3.05) is 26.2 Å². The third-order valence-electron chi connectivity index (χ3n) is 5.81. The standard InChI is InChI=1S/C23H28N4O3S/c1-3-22-24-20-7-4-5-8-21(20)27(22)17-23(28)25-13-6-14-26(16-15-25)31(29,30)19-11-9-18(2)10-12-19/h4-5,7-12H,3,6,13-17H2,1-2H3. The summed E-state index contributed by atoms with van der Waals surface area (Å²) in [6.07, 6.45) is 1.35. The normalized spacial score (nSPS) is 15.9. The highest BCUT2D eigenvalue weighted by Crippen LogP contribution is 2.20. The van der Waals surface area contributed by atoms with Gasteiger partial charge in [0, 0.05) is 32.6 Å². The highest BCUT2D eigenvalue weighted by atomic mass is 32.2. The van der Waals surface area contributed by atoms with Gasteiger partial charge in [0.1, 0.15) is 12.4 Å². The third-order valence-corrected chi connectivity index (χ3v) is 7.72. The second-order valence-corrected chi connectivity index (χ2v) is 9.85. The van der Waals surface area contributed by atoms with Gasteiger partial charge in [-0.1, -0.05) is 36.8 Å². The van der Waals surface area contributed by atoms with E-state index in [0.29, 0.717) is 37.5 Å². The topological polar surface area (TPSA) is 75.5 Å². The Morgan fingerprint density at radius 2 is 1.74 bits per heavy atom. The number of hydrogen-bond acceptors (Lipinski definition) is 4. The van der Waals surface area contributed by atoms with Crippen molar-refractivity contribution in [3.63, 3.8) is 0 Å². The molecule has 1 aliphatic rings. The average molecular weight is 441 g/mol. The molecular weight excluding hydrogens is 412 g/mol. The molecule has 0 aliphatic carbocycles. The van der Waals surface area contributed by atoms with Gasteiger partial charge in [0.05, 0.1) is 15.9 Å². The molecule has 164 valence electrons. The summed E-state index contributed by atoms with van der Waals surface area (Å²) in [5, 5.41) is 0. The molecule has 3 aromatic rings. The molecule has 0 radical (unpaired) electrons. The lowest BCUT2D eigenvalue weighted by Crippen LogP contribution is -2.38. The van der Waals surface area contributed by atoms with Crippen molar-refractivity contribution in [1.82, 2.24) is 18.8 Å². The molecule has 1 aliphatic heterocycles. The minimum absolute atomic E-state index is 0.00700. The van der Waals surface area contributed by atoms with E-state index < -0.39 is 10.0 Å². The Morgan fingerprint density at radius 3 is 2.48 bits per heavy atom. The Balaban J connectivity index is 1.48. The van der Waals surface area contributed by atoms with Crippen LogP contribution in [0.4, 0.5) is 0 Å². The summed E-state index contributed by atoms with van der Waals surface area (Å²) < 4.78 is 29.5. The second kappa shape index (κ2) is 8.80. The van der Waals surface area contributed by atoms with Gasteiger partial charge in [0.25, 0.3) is 0 Å². The van der Waals surface area contributed by atoms with Crippen LogP contribution in [0.1, 0.15) is 24.7 Å². The summed E-state index contributed by atoms with van der Waals surface area (Å²) in [4.78, 5) is 19.8. The van der Waals surface area contributed by atoms with Gasteiger partial charge in [-0.15, -0.1) is 0 Å². The van der Waals surface area contributed by atoms with Crippen molar-refractivity contribution in [2.24, 2.45) is 0 Å². The summed E-state index contributed by atoms with van der Waals surface area (Å²) in [5.41, 5.74) is 2.86. The van der Waals surface area contributed by atoms with Gasteiger partial charge in [-0.2, -0.15) is 4.31 Å². The number of para-hydroxylation sites is 2. The number of amides is 1. The van der Waals surface area contributed by atoms with Gasteiger partial charge >= 0.3 is 0 Å². The molecule has 2 heterocycles. The van der Waals surface area contributed by atoms with Gasteiger partial charge in [0.15, 0.2) is 0 Å². The first kappa shape index (κ1) is 21.5. The molecule has 31 heavy (non-hydrogen) atoms. The lowest BCUT2D eigenvalue weighted by atomic mass is 10.2. The Bertz CT molecular complexity index is 1190. The minimum atomic E-state index is -3.56. The summed E-state index contributed by atoms with van der Waals surface area (Å²) in [6.45, 7) is 5.82. The maximum atomic E-state index is 13.1. The Morgan fingerprint density at radius 1 is 1.00 bits per heavy atom. The molecule has 7 nitrogen and oxygen atoms in total. The first-order valence-corrected chi connectivity index (χ1v) is 12.1. The Kier molecular flexibility index (Phi) is 6.11. The zero-order valence-corrected chi connectivity index (χ0v) is 18.8. The number of imidazole rings is 1. The molecule has 2 aromatic carbocycles. The smallest absolute Gasteiger partial charge is 0.243 e. The van der Waals surface area contributed by atoms with E-state index in [1.54, 1.807) is 29.2 Å². The fraction of sp³-hybridized carbons (Fsp3) is 0.391. The molecular formula is C23H28N4O3S. The number of carbonyl (C=O) groups excluding carboxylic acids is 1. The minimum Gasteiger partial charge on any atom is -0.340 e. The number of carbonyl (C=O) groups is 1. The first-order chi connectivity index (χ1) is 14.9. The number of rotatable bonds is 5. The van der Waals surface area contributed by atoms with Crippen molar-refractivity contribution in [2.45, 2.75) is 38.1 Å². The predicted octanol–water partition coefficient (Wildman–Crippen LogP) is 2.83. The number of sulfonamides is 1. The van der Waals surface area contributed by atoms with E-state index >= 15 is 0 Å². The van der Waals surface area contributed by atoms with E-state index in [-0.39, 0.29) is 12.5 Å². The molecule has 1 amide bonds. The number of fused-ring (bicyclic) bond motifs is 1. The van der Waals surface area contributed by atoms with Gasteiger partial charge in [0.2, 0.25) is 15.9 Å². The highest BCUT2D eigenvalue weighted by molar-refractivity contribution is 7.89. The largest absolute Gasteiger partial charge is 0.340 e. The fourth-order valence-electron chi connectivity index (χ4n) is 4.05. The predicted molar refractivity (Wildman–Crippen MR) is 120 cm³/mol. The van der Waals surface area contributed by atoms with Crippen LogP contribution in [0.15, 0.2) is 53.4 Å². The fourth-order valence-corrected chi connectivity index (χ4v) is 5.52. The van der Waals surface area contributed by atoms with E-state index in [0.717, 1.165) is 28.8 Å². The average Bonchev–Trinajstić information content (AvgIpc) is 2.94. The quantitative estimate of drug-likeness (QED) is 0.611. The van der Waals surface area contributed by atoms with Crippen LogP contribution >= 0.6 is 0 Å². The molecule has 0 N–H and O–H groups in total. The summed E-state index contributed by atoms with van der Waals surface area (Å²) >= 11 is 0. The van der Waals surface area contributed by atoms with Crippen molar-refractivity contribution < 1.29 is 13.2 Å². The van der Waals surface area contributed by atoms with E-state index in [1.807, 2.05) is 42.7 Å². The Labute approximate surface area is 183 Å². The molecule has 0 bridgehead atoms. The second-order valence-electron chi connectivity index (χ2n) is 7.91. The van der Waals surface area contributed by atoms with Crippen LogP contribution < -0.4 is 0 Å². The lowest BCUT2D eigenvalue weighted by molar-refractivity contribution is -0.131. The maximum absolute atomic E-state index is 13.1. The van der Waals surface area contributed by atoms with Crippen molar-refractivity contribution in [3.8, 4) is 0 Å². The van der Waals surface area contributed by atoms with Crippen LogP contribution in [0.3, 0.4) is 0 Å². The van der Waals surface area contributed by atoms with Crippen molar-refractivity contribution >= 4 is 27.0 Å². The van der Waals surface area contributed by atoms with E-state index in [2.05, 4.69) is 4.98 Å². The number of aryl methyl sites for hydroxylation is 2. The van der Waals surface area contributed by atoms with Crippen LogP contribution in [-0.2, 0) is 27.8 Å². The summed E-state index contributed by atoms with van der Waals surface area (Å²) in [6, 6.07) is 14.7. The third kappa shape index (κ3) is 4.36. The van der Waals surface area contributed by atoms with Gasteiger partial charge < -0.3 is 9.47 Å². The summed E-state index contributed by atoms with van der Waals surface area (Å²) in [7, 11) is -3.56. The van der Waals surface area contributed by atoms with E-state index in [1.165, 1.54) is 4.31 Å². The molecule has 1 saturated heterocycles. The van der Waals surface area contributed by atoms with E-state index in [9.17, 15) is 13.2 Å². The van der Waals surface area contributed by atoms with Gasteiger partial charge in [-0.3, -0.25) is 4.79 Å². The monoisotopic (exact) mass is 440 g/mol. The molecule has 0 atom stereocenters. The SMILES string of the molecule is CCc1nc2ccccc2n1CC(=O)N1CCCN(S(=O)(=O)c2ccc(C)cc2)CC1. The lowest BCUT2D eigenvalue weighted by Gasteiger charge is -2.22. The number of aromatic nitrogens is 2. The number of nitrogens with zero attached hydrogens (tertiary/aromatic N) is 4. The zero-order chi connectivity index (χ0) is 22.0.